The van der Waals surface area contributed by atoms with E-state index >= 15 is 0 Å². The Morgan fingerprint density at radius 1 is 1.32 bits per heavy atom. The van der Waals surface area contributed by atoms with E-state index in [1.54, 1.807) is 11.3 Å². The van der Waals surface area contributed by atoms with Crippen LogP contribution in [0.15, 0.2) is 34.1 Å². The molecule has 0 radical (unpaired) electrons. The van der Waals surface area contributed by atoms with Crippen LogP contribution < -0.4 is 10.6 Å². The molecular formula is C14H13BrN2OS. The largest absolute Gasteiger partial charge is 0.380 e. The molecule has 0 unspecified atom stereocenters. The van der Waals surface area contributed by atoms with Gasteiger partial charge in [0.1, 0.15) is 0 Å². The van der Waals surface area contributed by atoms with E-state index in [-0.39, 0.29) is 5.91 Å². The summed E-state index contributed by atoms with van der Waals surface area (Å²) in [5.41, 5.74) is 3.25. The maximum absolute atomic E-state index is 11.3. The van der Waals surface area contributed by atoms with Crippen molar-refractivity contribution in [2.45, 2.75) is 19.4 Å². The molecule has 0 fully saturated rings. The van der Waals surface area contributed by atoms with Crippen molar-refractivity contribution in [3.8, 4) is 0 Å². The first-order chi connectivity index (χ1) is 9.20. The lowest BCUT2D eigenvalue weighted by atomic mass is 10.0. The van der Waals surface area contributed by atoms with Crippen LogP contribution in [-0.4, -0.2) is 5.91 Å². The summed E-state index contributed by atoms with van der Waals surface area (Å²) in [6, 6.07) is 8.22. The molecular weight excluding hydrogens is 324 g/mol. The number of fused-ring (bicyclic) bond motifs is 1. The molecule has 2 N–H and O–H groups in total. The molecule has 2 aromatic rings. The van der Waals surface area contributed by atoms with E-state index in [4.69, 9.17) is 0 Å². The van der Waals surface area contributed by atoms with Gasteiger partial charge in [-0.1, -0.05) is 0 Å². The van der Waals surface area contributed by atoms with E-state index in [1.165, 1.54) is 10.4 Å². The van der Waals surface area contributed by atoms with Gasteiger partial charge in [0, 0.05) is 39.1 Å². The van der Waals surface area contributed by atoms with E-state index in [1.807, 2.05) is 12.1 Å². The van der Waals surface area contributed by atoms with Crippen molar-refractivity contribution in [2.24, 2.45) is 0 Å². The van der Waals surface area contributed by atoms with E-state index in [2.05, 4.69) is 44.1 Å². The lowest BCUT2D eigenvalue weighted by Gasteiger charge is -2.17. The number of benzene rings is 1. The summed E-state index contributed by atoms with van der Waals surface area (Å²) in [5, 5.41) is 8.39. The number of amides is 1. The van der Waals surface area contributed by atoms with E-state index in [0.717, 1.165) is 28.8 Å². The van der Waals surface area contributed by atoms with Crippen molar-refractivity contribution < 1.29 is 4.79 Å². The number of hydrogen-bond donors (Lipinski definition) is 2. The maximum atomic E-state index is 11.3. The van der Waals surface area contributed by atoms with Gasteiger partial charge >= 0.3 is 0 Å². The Hall–Kier alpha value is -1.33. The summed E-state index contributed by atoms with van der Waals surface area (Å²) >= 11 is 5.19. The van der Waals surface area contributed by atoms with Gasteiger partial charge in [0.25, 0.3) is 0 Å². The van der Waals surface area contributed by atoms with Gasteiger partial charge in [-0.25, -0.2) is 0 Å². The highest BCUT2D eigenvalue weighted by atomic mass is 79.9. The fourth-order valence-corrected chi connectivity index (χ4v) is 3.52. The number of thiophene rings is 1. The summed E-state index contributed by atoms with van der Waals surface area (Å²) in [6.45, 7) is 0.821. The Morgan fingerprint density at radius 2 is 2.21 bits per heavy atom. The standard InChI is InChI=1S/C14H13BrN2OS/c15-10-6-12(19-8-10)7-16-11-2-3-13-9(5-11)1-4-14(18)17-13/h2-3,5-6,8,16H,1,4,7H2,(H,17,18). The van der Waals surface area contributed by atoms with Crippen molar-refractivity contribution in [3.05, 3.63) is 44.6 Å². The number of hydrogen-bond acceptors (Lipinski definition) is 3. The molecule has 2 heterocycles. The van der Waals surface area contributed by atoms with Crippen molar-refractivity contribution >= 4 is 44.5 Å². The summed E-state index contributed by atoms with van der Waals surface area (Å²) in [7, 11) is 0. The predicted molar refractivity (Wildman–Crippen MR) is 82.7 cm³/mol. The zero-order chi connectivity index (χ0) is 13.2. The smallest absolute Gasteiger partial charge is 0.224 e. The molecule has 0 bridgehead atoms. The SMILES string of the molecule is O=C1CCc2cc(NCc3cc(Br)cs3)ccc2N1. The van der Waals surface area contributed by atoms with Crippen LogP contribution in [0.5, 0.6) is 0 Å². The quantitative estimate of drug-likeness (QED) is 0.889. The number of halogens is 1. The molecule has 19 heavy (non-hydrogen) atoms. The number of anilines is 2. The molecule has 0 saturated heterocycles. The molecule has 1 aliphatic rings. The summed E-state index contributed by atoms with van der Waals surface area (Å²) < 4.78 is 1.13. The monoisotopic (exact) mass is 336 g/mol. The van der Waals surface area contributed by atoms with Gasteiger partial charge < -0.3 is 10.6 Å². The average molecular weight is 337 g/mol. The van der Waals surface area contributed by atoms with Crippen molar-refractivity contribution in [3.63, 3.8) is 0 Å². The first-order valence-electron chi connectivity index (χ1n) is 6.10. The Balaban J connectivity index is 1.70. The molecule has 0 spiro atoms. The molecule has 0 aliphatic carbocycles. The Bertz CT molecular complexity index is 624. The van der Waals surface area contributed by atoms with Crippen molar-refractivity contribution in [1.82, 2.24) is 0 Å². The van der Waals surface area contributed by atoms with Crippen LogP contribution in [0.4, 0.5) is 11.4 Å². The summed E-state index contributed by atoms with van der Waals surface area (Å²) in [5.74, 6) is 0.108. The lowest BCUT2D eigenvalue weighted by molar-refractivity contribution is -0.116. The number of carbonyl (C=O) groups excluding carboxylic acids is 1. The number of carbonyl (C=O) groups is 1. The first-order valence-corrected chi connectivity index (χ1v) is 7.77. The van der Waals surface area contributed by atoms with Crippen LogP contribution >= 0.6 is 27.3 Å². The molecule has 3 rings (SSSR count). The maximum Gasteiger partial charge on any atom is 0.224 e. The molecule has 1 aromatic carbocycles. The van der Waals surface area contributed by atoms with Crippen LogP contribution in [0.3, 0.4) is 0 Å². The van der Waals surface area contributed by atoms with Gasteiger partial charge in [-0.2, -0.15) is 0 Å². The van der Waals surface area contributed by atoms with Gasteiger partial charge in [-0.15, -0.1) is 11.3 Å². The van der Waals surface area contributed by atoms with Gasteiger partial charge in [0.05, 0.1) is 0 Å². The third kappa shape index (κ3) is 2.98. The Morgan fingerprint density at radius 3 is 3.00 bits per heavy atom. The molecule has 3 nitrogen and oxygen atoms in total. The van der Waals surface area contributed by atoms with Gasteiger partial charge in [0.15, 0.2) is 0 Å². The highest BCUT2D eigenvalue weighted by molar-refractivity contribution is 9.10. The third-order valence-corrected chi connectivity index (χ3v) is 4.79. The minimum Gasteiger partial charge on any atom is -0.380 e. The average Bonchev–Trinajstić information content (AvgIpc) is 2.82. The number of aryl methyl sites for hydroxylation is 1. The number of rotatable bonds is 3. The van der Waals surface area contributed by atoms with E-state index in [9.17, 15) is 4.79 Å². The third-order valence-electron chi connectivity index (χ3n) is 3.09. The second-order valence-corrected chi connectivity index (χ2v) is 6.42. The second kappa shape index (κ2) is 5.35. The van der Waals surface area contributed by atoms with Gasteiger partial charge in [0.2, 0.25) is 5.91 Å². The van der Waals surface area contributed by atoms with Crippen LogP contribution in [-0.2, 0) is 17.8 Å². The fraction of sp³-hybridized carbons (Fsp3) is 0.214. The minimum absolute atomic E-state index is 0.108. The van der Waals surface area contributed by atoms with Gasteiger partial charge in [-0.3, -0.25) is 4.79 Å². The second-order valence-electron chi connectivity index (χ2n) is 4.50. The fourth-order valence-electron chi connectivity index (χ4n) is 2.13. The molecule has 0 saturated carbocycles. The molecule has 1 aliphatic heterocycles. The van der Waals surface area contributed by atoms with Gasteiger partial charge in [-0.05, 0) is 52.2 Å². The Labute approximate surface area is 124 Å². The topological polar surface area (TPSA) is 41.1 Å². The minimum atomic E-state index is 0.108. The zero-order valence-electron chi connectivity index (χ0n) is 10.2. The van der Waals surface area contributed by atoms with Crippen LogP contribution in [0.1, 0.15) is 16.9 Å². The summed E-state index contributed by atoms with van der Waals surface area (Å²) in [4.78, 5) is 12.6. The van der Waals surface area contributed by atoms with Crippen LogP contribution in [0, 0.1) is 0 Å². The molecule has 1 amide bonds. The first kappa shape index (κ1) is 12.7. The summed E-state index contributed by atoms with van der Waals surface area (Å²) in [6.07, 6.45) is 1.40. The van der Waals surface area contributed by atoms with Crippen LogP contribution in [0.2, 0.25) is 0 Å². The lowest BCUT2D eigenvalue weighted by Crippen LogP contribution is -2.18. The van der Waals surface area contributed by atoms with Crippen molar-refractivity contribution in [2.75, 3.05) is 10.6 Å². The van der Waals surface area contributed by atoms with Crippen LogP contribution in [0.25, 0.3) is 0 Å². The highest BCUT2D eigenvalue weighted by Gasteiger charge is 2.14. The molecule has 1 aromatic heterocycles. The van der Waals surface area contributed by atoms with E-state index < -0.39 is 0 Å². The molecule has 98 valence electrons. The zero-order valence-corrected chi connectivity index (χ0v) is 12.6. The van der Waals surface area contributed by atoms with E-state index in [0.29, 0.717) is 6.42 Å². The molecule has 5 heteroatoms. The highest BCUT2D eigenvalue weighted by Crippen LogP contribution is 2.26. The Kier molecular flexibility index (Phi) is 3.57. The normalized spacial score (nSPS) is 13.8. The molecule has 0 atom stereocenters. The predicted octanol–water partition coefficient (Wildman–Crippen LogP) is 4.01. The number of nitrogens with one attached hydrogen (secondary N) is 2. The van der Waals surface area contributed by atoms with Crippen molar-refractivity contribution in [1.29, 1.82) is 0 Å².